The maximum atomic E-state index is 12.4. The smallest absolute Gasteiger partial charge is 0.350 e. The van der Waals surface area contributed by atoms with E-state index in [1.54, 1.807) is 61.2 Å². The van der Waals surface area contributed by atoms with Gasteiger partial charge in [-0.05, 0) is 62.7 Å². The first-order valence-corrected chi connectivity index (χ1v) is 9.94. The van der Waals surface area contributed by atoms with E-state index in [0.29, 0.717) is 29.4 Å². The molecule has 2 aromatic carbocycles. The van der Waals surface area contributed by atoms with Crippen molar-refractivity contribution in [3.8, 4) is 5.75 Å². The molecule has 1 fully saturated rings. The summed E-state index contributed by atoms with van der Waals surface area (Å²) in [6, 6.07) is 13.6. The van der Waals surface area contributed by atoms with E-state index >= 15 is 0 Å². The molecule has 1 heterocycles. The Labute approximate surface area is 179 Å². The number of nitrogens with one attached hydrogen (secondary N) is 1. The number of benzene rings is 2. The highest BCUT2D eigenvalue weighted by Gasteiger charge is 2.32. The van der Waals surface area contributed by atoms with E-state index in [2.05, 4.69) is 5.32 Å². The van der Waals surface area contributed by atoms with E-state index < -0.39 is 24.1 Å². The van der Waals surface area contributed by atoms with Crippen LogP contribution in [0.1, 0.15) is 26.7 Å². The quantitative estimate of drug-likeness (QED) is 0.675. The fourth-order valence-electron chi connectivity index (χ4n) is 3.01. The number of anilines is 2. The summed E-state index contributed by atoms with van der Waals surface area (Å²) in [5.74, 6) is -0.644. The first-order valence-electron chi connectivity index (χ1n) is 9.57. The van der Waals surface area contributed by atoms with Crippen LogP contribution in [0.4, 0.5) is 11.4 Å². The van der Waals surface area contributed by atoms with Crippen LogP contribution in [0.15, 0.2) is 48.5 Å². The topological polar surface area (TPSA) is 84.9 Å². The van der Waals surface area contributed by atoms with Crippen LogP contribution >= 0.6 is 11.6 Å². The van der Waals surface area contributed by atoms with Crippen LogP contribution in [0, 0.1) is 0 Å². The van der Waals surface area contributed by atoms with Gasteiger partial charge in [0.15, 0.2) is 12.2 Å². The number of nitrogens with zero attached hydrogens (tertiary/aromatic N) is 1. The minimum atomic E-state index is -1.29. The third-order valence-corrected chi connectivity index (χ3v) is 4.78. The van der Waals surface area contributed by atoms with Gasteiger partial charge in [0.1, 0.15) is 5.75 Å². The zero-order chi connectivity index (χ0) is 21.7. The summed E-state index contributed by atoms with van der Waals surface area (Å²) in [7, 11) is 0. The minimum Gasteiger partial charge on any atom is -0.476 e. The average molecular weight is 431 g/mol. The second-order valence-corrected chi connectivity index (χ2v) is 7.83. The Morgan fingerprint density at radius 2 is 1.90 bits per heavy atom. The fourth-order valence-corrected chi connectivity index (χ4v) is 3.14. The van der Waals surface area contributed by atoms with Gasteiger partial charge in [-0.3, -0.25) is 9.59 Å². The second-order valence-electron chi connectivity index (χ2n) is 7.39. The summed E-state index contributed by atoms with van der Waals surface area (Å²) in [5, 5.41) is 3.23. The van der Waals surface area contributed by atoms with Gasteiger partial charge in [0, 0.05) is 29.4 Å². The molecule has 0 bridgehead atoms. The molecule has 1 saturated heterocycles. The Hall–Kier alpha value is -3.06. The minimum absolute atomic E-state index is 0.0651. The van der Waals surface area contributed by atoms with Crippen molar-refractivity contribution in [2.45, 2.75) is 32.3 Å². The maximum absolute atomic E-state index is 12.4. The third kappa shape index (κ3) is 5.51. The van der Waals surface area contributed by atoms with Gasteiger partial charge in [-0.15, -0.1) is 0 Å². The fraction of sp³-hybridized carbons (Fsp3) is 0.318. The van der Waals surface area contributed by atoms with Crippen molar-refractivity contribution in [3.63, 3.8) is 0 Å². The Morgan fingerprint density at radius 3 is 2.57 bits per heavy atom. The Balaban J connectivity index is 1.53. The molecule has 1 aliphatic heterocycles. The summed E-state index contributed by atoms with van der Waals surface area (Å²) in [6.07, 6.45) is 1.35. The van der Waals surface area contributed by atoms with Gasteiger partial charge >= 0.3 is 5.97 Å². The number of rotatable bonds is 7. The number of ether oxygens (including phenoxy) is 2. The van der Waals surface area contributed by atoms with E-state index in [-0.39, 0.29) is 5.91 Å². The molecule has 0 aromatic heterocycles. The van der Waals surface area contributed by atoms with Crippen LogP contribution < -0.4 is 15.0 Å². The molecule has 2 amide bonds. The Bertz CT molecular complexity index is 943. The molecule has 2 aromatic rings. The van der Waals surface area contributed by atoms with Gasteiger partial charge in [0.2, 0.25) is 5.91 Å². The normalized spacial score (nSPS) is 13.8. The molecule has 3 rings (SSSR count). The number of halogens is 1. The molecule has 8 heteroatoms. The van der Waals surface area contributed by atoms with Gasteiger partial charge in [-0.25, -0.2) is 4.79 Å². The highest BCUT2D eigenvalue weighted by atomic mass is 35.5. The van der Waals surface area contributed by atoms with E-state index in [1.807, 2.05) is 6.07 Å². The summed E-state index contributed by atoms with van der Waals surface area (Å²) in [4.78, 5) is 38.1. The lowest BCUT2D eigenvalue weighted by atomic mass is 10.1. The molecule has 0 aliphatic carbocycles. The van der Waals surface area contributed by atoms with Crippen molar-refractivity contribution in [3.05, 3.63) is 53.6 Å². The monoisotopic (exact) mass is 430 g/mol. The summed E-state index contributed by atoms with van der Waals surface area (Å²) in [6.45, 7) is 3.31. The molecule has 0 spiro atoms. The maximum Gasteiger partial charge on any atom is 0.350 e. The van der Waals surface area contributed by atoms with Crippen LogP contribution in [-0.4, -0.2) is 36.5 Å². The molecular weight excluding hydrogens is 408 g/mol. The third-order valence-electron chi connectivity index (χ3n) is 4.53. The van der Waals surface area contributed by atoms with Crippen molar-refractivity contribution < 1.29 is 23.9 Å². The number of carbonyl (C=O) groups is 3. The summed E-state index contributed by atoms with van der Waals surface area (Å²) < 4.78 is 10.8. The lowest BCUT2D eigenvalue weighted by Crippen LogP contribution is -2.41. The number of carbonyl (C=O) groups excluding carboxylic acids is 3. The molecule has 7 nitrogen and oxygen atoms in total. The van der Waals surface area contributed by atoms with Gasteiger partial charge in [-0.2, -0.15) is 0 Å². The van der Waals surface area contributed by atoms with Crippen molar-refractivity contribution in [1.82, 2.24) is 0 Å². The van der Waals surface area contributed by atoms with Crippen LogP contribution in [0.3, 0.4) is 0 Å². The Kier molecular flexibility index (Phi) is 6.62. The molecule has 30 heavy (non-hydrogen) atoms. The number of hydrogen-bond donors (Lipinski definition) is 1. The zero-order valence-electron chi connectivity index (χ0n) is 16.8. The van der Waals surface area contributed by atoms with Crippen LogP contribution in [0.2, 0.25) is 5.02 Å². The molecule has 0 saturated carbocycles. The van der Waals surface area contributed by atoms with E-state index in [1.165, 1.54) is 0 Å². The number of hydrogen-bond acceptors (Lipinski definition) is 5. The van der Waals surface area contributed by atoms with Crippen LogP contribution in [0.25, 0.3) is 0 Å². The van der Waals surface area contributed by atoms with E-state index in [9.17, 15) is 14.4 Å². The molecule has 1 N–H and O–H groups in total. The first-order chi connectivity index (χ1) is 14.2. The van der Waals surface area contributed by atoms with Crippen LogP contribution in [-0.2, 0) is 19.1 Å². The van der Waals surface area contributed by atoms with Gasteiger partial charge in [0.25, 0.3) is 5.91 Å². The highest BCUT2D eigenvalue weighted by Crippen LogP contribution is 2.24. The number of esters is 1. The molecule has 1 aliphatic rings. The summed E-state index contributed by atoms with van der Waals surface area (Å²) in [5.41, 5.74) is -0.0425. The van der Waals surface area contributed by atoms with Gasteiger partial charge in [0.05, 0.1) is 0 Å². The van der Waals surface area contributed by atoms with Crippen molar-refractivity contribution >= 4 is 40.8 Å². The van der Waals surface area contributed by atoms with Crippen molar-refractivity contribution in [2.24, 2.45) is 0 Å². The van der Waals surface area contributed by atoms with Crippen molar-refractivity contribution in [1.29, 1.82) is 0 Å². The van der Waals surface area contributed by atoms with Gasteiger partial charge < -0.3 is 19.7 Å². The standard InChI is InChI=1S/C22H23ClN2O5/c1-22(2,30-18-10-8-15(23)9-11-18)21(28)29-14-19(26)24-16-5-3-6-17(13-16)25-12-4-7-20(25)27/h3,5-6,8-11,13H,4,7,12,14H2,1-2H3,(H,24,26). The average Bonchev–Trinajstić information content (AvgIpc) is 3.14. The lowest BCUT2D eigenvalue weighted by molar-refractivity contribution is -0.161. The molecule has 0 atom stereocenters. The molecular formula is C22H23ClN2O5. The predicted molar refractivity (Wildman–Crippen MR) is 114 cm³/mol. The highest BCUT2D eigenvalue weighted by molar-refractivity contribution is 6.30. The second kappa shape index (κ2) is 9.17. The van der Waals surface area contributed by atoms with Crippen LogP contribution in [0.5, 0.6) is 5.75 Å². The zero-order valence-corrected chi connectivity index (χ0v) is 17.6. The lowest BCUT2D eigenvalue weighted by Gasteiger charge is -2.24. The predicted octanol–water partition coefficient (Wildman–Crippen LogP) is 3.81. The van der Waals surface area contributed by atoms with Crippen molar-refractivity contribution in [2.75, 3.05) is 23.4 Å². The van der Waals surface area contributed by atoms with E-state index in [4.69, 9.17) is 21.1 Å². The molecule has 0 unspecified atom stereocenters. The SMILES string of the molecule is CC(C)(Oc1ccc(Cl)cc1)C(=O)OCC(=O)Nc1cccc(N2CCCC2=O)c1. The van der Waals surface area contributed by atoms with Gasteiger partial charge in [-0.1, -0.05) is 17.7 Å². The first kappa shape index (κ1) is 21.6. The largest absolute Gasteiger partial charge is 0.476 e. The molecule has 158 valence electrons. The van der Waals surface area contributed by atoms with E-state index in [0.717, 1.165) is 12.1 Å². The Morgan fingerprint density at radius 1 is 1.17 bits per heavy atom. The number of amides is 2. The molecule has 0 radical (unpaired) electrons. The summed E-state index contributed by atoms with van der Waals surface area (Å²) >= 11 is 5.84.